The molecule has 0 heterocycles. The van der Waals surface area contributed by atoms with E-state index in [-0.39, 0.29) is 22.9 Å². The number of amides is 1. The summed E-state index contributed by atoms with van der Waals surface area (Å²) in [5, 5.41) is 7.69. The maximum atomic E-state index is 12.6. The Morgan fingerprint density at radius 1 is 0.879 bits per heavy atom. The number of nitrogens with two attached hydrogens (primary N) is 1. The van der Waals surface area contributed by atoms with Crippen LogP contribution in [0.5, 0.6) is 5.75 Å². The first-order valence-electron chi connectivity index (χ1n) is 9.74. The van der Waals surface area contributed by atoms with Crippen LogP contribution in [0.15, 0.2) is 82.6 Å². The number of carbonyl (C=O) groups is 1. The third-order valence-electron chi connectivity index (χ3n) is 4.63. The zero-order chi connectivity index (χ0) is 24.1. The summed E-state index contributed by atoms with van der Waals surface area (Å²) in [5.74, 6) is -0.0686. The van der Waals surface area contributed by atoms with Crippen molar-refractivity contribution in [2.75, 3.05) is 11.3 Å². The van der Waals surface area contributed by atoms with Crippen LogP contribution in [-0.4, -0.2) is 29.3 Å². The Balaban J connectivity index is 1.51. The molecular weight excluding hydrogens is 466 g/mol. The number of hydrogen-bond acceptors (Lipinski definition) is 6. The van der Waals surface area contributed by atoms with Gasteiger partial charge >= 0.3 is 0 Å². The van der Waals surface area contributed by atoms with E-state index >= 15 is 0 Å². The fourth-order valence-electron chi connectivity index (χ4n) is 2.80. The number of ether oxygens (including phenoxy) is 1. The molecule has 11 heteroatoms. The molecule has 0 fully saturated rings. The topological polar surface area (TPSA) is 145 Å². The van der Waals surface area contributed by atoms with Crippen molar-refractivity contribution in [1.82, 2.24) is 5.32 Å². The summed E-state index contributed by atoms with van der Waals surface area (Å²) in [6.45, 7) is 1.71. The van der Waals surface area contributed by atoms with E-state index in [9.17, 15) is 21.6 Å². The molecule has 0 saturated heterocycles. The van der Waals surface area contributed by atoms with Crippen molar-refractivity contribution in [2.24, 2.45) is 5.14 Å². The summed E-state index contributed by atoms with van der Waals surface area (Å²) < 4.78 is 55.6. The molecule has 0 bridgehead atoms. The van der Waals surface area contributed by atoms with Gasteiger partial charge in [0.1, 0.15) is 5.75 Å². The maximum Gasteiger partial charge on any atom is 0.261 e. The lowest BCUT2D eigenvalue weighted by Crippen LogP contribution is -2.28. The van der Waals surface area contributed by atoms with Gasteiger partial charge in [0.15, 0.2) is 6.61 Å². The quantitative estimate of drug-likeness (QED) is 0.420. The highest BCUT2D eigenvalue weighted by molar-refractivity contribution is 7.92. The highest BCUT2D eigenvalue weighted by atomic mass is 32.2. The summed E-state index contributed by atoms with van der Waals surface area (Å²) >= 11 is 0. The van der Waals surface area contributed by atoms with E-state index in [1.807, 2.05) is 6.07 Å². The number of rotatable bonds is 9. The Morgan fingerprint density at radius 3 is 2.09 bits per heavy atom. The van der Waals surface area contributed by atoms with Crippen LogP contribution >= 0.6 is 0 Å². The van der Waals surface area contributed by atoms with Gasteiger partial charge in [-0.3, -0.25) is 9.52 Å². The maximum absolute atomic E-state index is 12.6. The molecule has 9 nitrogen and oxygen atoms in total. The lowest BCUT2D eigenvalue weighted by Gasteiger charge is -2.11. The highest BCUT2D eigenvalue weighted by Crippen LogP contribution is 2.21. The van der Waals surface area contributed by atoms with E-state index in [1.54, 1.807) is 37.3 Å². The Hall–Kier alpha value is -3.41. The molecule has 3 aromatic carbocycles. The summed E-state index contributed by atoms with van der Waals surface area (Å²) in [5.41, 5.74) is 1.98. The molecule has 0 unspecified atom stereocenters. The lowest BCUT2D eigenvalue weighted by atomic mass is 10.2. The van der Waals surface area contributed by atoms with Crippen LogP contribution in [0.2, 0.25) is 0 Å². The average Bonchev–Trinajstić information content (AvgIpc) is 2.78. The van der Waals surface area contributed by atoms with E-state index in [2.05, 4.69) is 10.0 Å². The zero-order valence-corrected chi connectivity index (χ0v) is 19.3. The largest absolute Gasteiger partial charge is 0.484 e. The molecule has 0 aliphatic heterocycles. The first-order valence-corrected chi connectivity index (χ1v) is 12.8. The second-order valence-electron chi connectivity index (χ2n) is 7.15. The average molecular weight is 490 g/mol. The molecule has 0 spiro atoms. The molecule has 0 atom stereocenters. The monoisotopic (exact) mass is 489 g/mol. The molecule has 0 radical (unpaired) electrons. The minimum Gasteiger partial charge on any atom is -0.484 e. The van der Waals surface area contributed by atoms with Gasteiger partial charge in [0.2, 0.25) is 10.0 Å². The van der Waals surface area contributed by atoms with Gasteiger partial charge in [-0.2, -0.15) is 0 Å². The van der Waals surface area contributed by atoms with Gasteiger partial charge in [0, 0.05) is 6.54 Å². The zero-order valence-electron chi connectivity index (χ0n) is 17.7. The molecule has 0 saturated carbocycles. The second kappa shape index (κ2) is 10.0. The van der Waals surface area contributed by atoms with Gasteiger partial charge in [-0.15, -0.1) is 0 Å². The van der Waals surface area contributed by atoms with E-state index in [0.29, 0.717) is 17.0 Å². The SMILES string of the molecule is Cc1ccccc1NS(=O)(=O)c1ccc(OCC(=O)NCc2ccc(S(N)(=O)=O)cc2)cc1. The van der Waals surface area contributed by atoms with Crippen molar-refractivity contribution in [2.45, 2.75) is 23.3 Å². The van der Waals surface area contributed by atoms with Gasteiger partial charge in [0.05, 0.1) is 15.5 Å². The first kappa shape index (κ1) is 24.2. The molecular formula is C22H23N3O6S2. The third kappa shape index (κ3) is 6.78. The van der Waals surface area contributed by atoms with Crippen LogP contribution in [0.4, 0.5) is 5.69 Å². The van der Waals surface area contributed by atoms with Crippen molar-refractivity contribution >= 4 is 31.6 Å². The second-order valence-corrected chi connectivity index (χ2v) is 10.4. The summed E-state index contributed by atoms with van der Waals surface area (Å²) in [6, 6.07) is 18.6. The number of carbonyl (C=O) groups excluding carboxylic acids is 1. The molecule has 33 heavy (non-hydrogen) atoms. The van der Waals surface area contributed by atoms with Gasteiger partial charge in [0.25, 0.3) is 15.9 Å². The number of benzene rings is 3. The van der Waals surface area contributed by atoms with Crippen LogP contribution in [0, 0.1) is 6.92 Å². The fraction of sp³-hybridized carbons (Fsp3) is 0.136. The Bertz CT molecular complexity index is 1340. The van der Waals surface area contributed by atoms with Crippen molar-refractivity contribution in [3.63, 3.8) is 0 Å². The molecule has 0 aliphatic rings. The van der Waals surface area contributed by atoms with Crippen molar-refractivity contribution in [3.05, 3.63) is 83.9 Å². The number of nitrogens with one attached hydrogen (secondary N) is 2. The minimum atomic E-state index is -3.77. The van der Waals surface area contributed by atoms with Crippen LogP contribution in [0.1, 0.15) is 11.1 Å². The fourth-order valence-corrected chi connectivity index (χ4v) is 4.45. The van der Waals surface area contributed by atoms with Gasteiger partial charge in [-0.05, 0) is 60.5 Å². The number of para-hydroxylation sites is 1. The van der Waals surface area contributed by atoms with Crippen LogP contribution in [0.25, 0.3) is 0 Å². The Kier molecular flexibility index (Phi) is 7.36. The smallest absolute Gasteiger partial charge is 0.261 e. The number of anilines is 1. The third-order valence-corrected chi connectivity index (χ3v) is 6.95. The van der Waals surface area contributed by atoms with Crippen molar-refractivity contribution < 1.29 is 26.4 Å². The van der Waals surface area contributed by atoms with Gasteiger partial charge < -0.3 is 10.1 Å². The van der Waals surface area contributed by atoms with Crippen molar-refractivity contribution in [3.8, 4) is 5.75 Å². The van der Waals surface area contributed by atoms with E-state index in [1.165, 1.54) is 36.4 Å². The first-order chi connectivity index (χ1) is 15.5. The standard InChI is InChI=1S/C22H23N3O6S2/c1-16-4-2-3-5-21(16)25-33(29,30)20-12-8-18(9-13-20)31-15-22(26)24-14-17-6-10-19(11-7-17)32(23,27)28/h2-13,25H,14-15H2,1H3,(H,24,26)(H2,23,27,28). The normalized spacial score (nSPS) is 11.6. The number of hydrogen-bond donors (Lipinski definition) is 3. The predicted octanol–water partition coefficient (Wildman–Crippen LogP) is 2.14. The summed E-state index contributed by atoms with van der Waals surface area (Å²) in [4.78, 5) is 12.1. The molecule has 3 rings (SSSR count). The van der Waals surface area contributed by atoms with E-state index < -0.39 is 26.0 Å². The summed E-state index contributed by atoms with van der Waals surface area (Å²) in [6.07, 6.45) is 0. The van der Waals surface area contributed by atoms with Crippen LogP contribution in [-0.2, 0) is 31.4 Å². The highest BCUT2D eigenvalue weighted by Gasteiger charge is 2.15. The molecule has 4 N–H and O–H groups in total. The molecule has 3 aromatic rings. The Labute approximate surface area is 192 Å². The van der Waals surface area contributed by atoms with Crippen LogP contribution in [0.3, 0.4) is 0 Å². The van der Waals surface area contributed by atoms with Crippen LogP contribution < -0.4 is 19.9 Å². The molecule has 1 amide bonds. The van der Waals surface area contributed by atoms with Crippen molar-refractivity contribution in [1.29, 1.82) is 0 Å². The van der Waals surface area contributed by atoms with E-state index in [0.717, 1.165) is 5.56 Å². The molecule has 0 aliphatic carbocycles. The molecule has 0 aromatic heterocycles. The number of aryl methyl sites for hydroxylation is 1. The Morgan fingerprint density at radius 2 is 1.48 bits per heavy atom. The molecule has 174 valence electrons. The predicted molar refractivity (Wildman–Crippen MR) is 124 cm³/mol. The van der Waals surface area contributed by atoms with Gasteiger partial charge in [-0.1, -0.05) is 30.3 Å². The van der Waals surface area contributed by atoms with Gasteiger partial charge in [-0.25, -0.2) is 22.0 Å². The minimum absolute atomic E-state index is 0.0134. The summed E-state index contributed by atoms with van der Waals surface area (Å²) in [7, 11) is -7.54. The number of primary sulfonamides is 1. The number of sulfonamides is 2. The lowest BCUT2D eigenvalue weighted by molar-refractivity contribution is -0.123. The van der Waals surface area contributed by atoms with E-state index in [4.69, 9.17) is 9.88 Å².